The fourth-order valence-corrected chi connectivity index (χ4v) is 2.01. The molecule has 5 nitrogen and oxygen atoms in total. The number of rotatable bonds is 4. The topological polar surface area (TPSA) is 90.2 Å². The summed E-state index contributed by atoms with van der Waals surface area (Å²) in [4.78, 5) is 24.0. The lowest BCUT2D eigenvalue weighted by atomic mass is 10.0. The molecule has 0 bridgehead atoms. The van der Waals surface area contributed by atoms with Crippen molar-refractivity contribution in [2.45, 2.75) is 6.92 Å². The van der Waals surface area contributed by atoms with Gasteiger partial charge in [0.1, 0.15) is 17.6 Å². The van der Waals surface area contributed by atoms with Crippen LogP contribution in [0.4, 0.5) is 10.1 Å². The fourth-order valence-electron chi connectivity index (χ4n) is 2.01. The normalized spacial score (nSPS) is 11.2. The second kappa shape index (κ2) is 7.20. The Morgan fingerprint density at radius 1 is 1.17 bits per heavy atom. The van der Waals surface area contributed by atoms with Gasteiger partial charge in [-0.25, -0.2) is 4.39 Å². The number of benzene rings is 2. The van der Waals surface area contributed by atoms with Crippen molar-refractivity contribution in [3.8, 4) is 6.07 Å². The number of halogens is 1. The molecule has 0 saturated carbocycles. The molecule has 6 heteroatoms. The van der Waals surface area contributed by atoms with Crippen LogP contribution in [0.1, 0.15) is 22.8 Å². The molecule has 0 spiro atoms. The number of nitrogens with one attached hydrogen (secondary N) is 1. The van der Waals surface area contributed by atoms with Crippen molar-refractivity contribution in [2.75, 3.05) is 5.32 Å². The number of hydrogen-bond donors (Lipinski definition) is 2. The van der Waals surface area contributed by atoms with Gasteiger partial charge in [-0.15, -0.1) is 0 Å². The number of amides is 1. The Balaban J connectivity index is 2.25. The highest BCUT2D eigenvalue weighted by Crippen LogP contribution is 2.19. The van der Waals surface area contributed by atoms with Gasteiger partial charge >= 0.3 is 0 Å². The van der Waals surface area contributed by atoms with Gasteiger partial charge in [-0.1, -0.05) is 30.3 Å². The van der Waals surface area contributed by atoms with Gasteiger partial charge in [0.25, 0.3) is 5.91 Å². The fraction of sp³-hybridized carbons (Fsp3) is 0.0556. The summed E-state index contributed by atoms with van der Waals surface area (Å²) < 4.78 is 14.2. The van der Waals surface area contributed by atoms with Gasteiger partial charge in [-0.05, 0) is 25.1 Å². The molecule has 0 heterocycles. The Hall–Kier alpha value is -3.46. The average Bonchev–Trinajstić information content (AvgIpc) is 2.55. The molecule has 0 aliphatic rings. The predicted octanol–water partition coefficient (Wildman–Crippen LogP) is 3.35. The van der Waals surface area contributed by atoms with Gasteiger partial charge in [0.05, 0.1) is 5.56 Å². The molecular formula is C18H13FN2O3. The minimum Gasteiger partial charge on any atom is -0.511 e. The van der Waals surface area contributed by atoms with Crippen LogP contribution < -0.4 is 5.32 Å². The number of carbonyl (C=O) groups is 2. The van der Waals surface area contributed by atoms with E-state index in [1.807, 2.05) is 0 Å². The van der Waals surface area contributed by atoms with E-state index < -0.39 is 28.8 Å². The van der Waals surface area contributed by atoms with Gasteiger partial charge < -0.3 is 10.4 Å². The van der Waals surface area contributed by atoms with Crippen LogP contribution in [0.25, 0.3) is 0 Å². The second-order valence-corrected chi connectivity index (χ2v) is 4.92. The molecule has 120 valence electrons. The average molecular weight is 324 g/mol. The molecule has 2 aromatic carbocycles. The minimum atomic E-state index is -0.862. The lowest BCUT2D eigenvalue weighted by molar-refractivity contribution is -0.112. The summed E-state index contributed by atoms with van der Waals surface area (Å²) in [6, 6.07) is 13.4. The molecule has 1 amide bonds. The number of aliphatic hydroxyl groups excluding tert-OH is 1. The van der Waals surface area contributed by atoms with Crippen LogP contribution in [0.15, 0.2) is 59.9 Å². The van der Waals surface area contributed by atoms with Crippen molar-refractivity contribution >= 4 is 17.4 Å². The maximum Gasteiger partial charge on any atom is 0.269 e. The van der Waals surface area contributed by atoms with Gasteiger partial charge in [0, 0.05) is 11.3 Å². The minimum absolute atomic E-state index is 0.0658. The summed E-state index contributed by atoms with van der Waals surface area (Å²) in [7, 11) is 0. The smallest absolute Gasteiger partial charge is 0.269 e. The van der Waals surface area contributed by atoms with E-state index in [-0.39, 0.29) is 11.3 Å². The summed E-state index contributed by atoms with van der Waals surface area (Å²) in [6.45, 7) is 1.19. The second-order valence-electron chi connectivity index (χ2n) is 4.92. The number of nitriles is 1. The number of aliphatic hydroxyl groups is 1. The number of ketones is 1. The Morgan fingerprint density at radius 3 is 2.38 bits per heavy atom. The molecule has 0 unspecified atom stereocenters. The molecule has 0 aliphatic heterocycles. The molecule has 2 rings (SSSR count). The van der Waals surface area contributed by atoms with Crippen molar-refractivity contribution in [3.63, 3.8) is 0 Å². The first kappa shape index (κ1) is 16.9. The van der Waals surface area contributed by atoms with Gasteiger partial charge in [-0.2, -0.15) is 5.26 Å². The van der Waals surface area contributed by atoms with E-state index in [0.717, 1.165) is 6.07 Å². The number of nitrogens with zero attached hydrogens (tertiary/aromatic N) is 1. The van der Waals surface area contributed by atoms with Crippen molar-refractivity contribution in [1.29, 1.82) is 5.26 Å². The summed E-state index contributed by atoms with van der Waals surface area (Å²) >= 11 is 0. The van der Waals surface area contributed by atoms with Crippen LogP contribution in [-0.2, 0) is 4.79 Å². The maximum atomic E-state index is 14.2. The van der Waals surface area contributed by atoms with Crippen molar-refractivity contribution in [3.05, 3.63) is 76.8 Å². The largest absolute Gasteiger partial charge is 0.511 e. The highest BCUT2D eigenvalue weighted by atomic mass is 19.1. The summed E-state index contributed by atoms with van der Waals surface area (Å²) in [5, 5.41) is 20.3. The molecule has 0 saturated heterocycles. The zero-order valence-electron chi connectivity index (χ0n) is 12.7. The third kappa shape index (κ3) is 3.65. The zero-order valence-corrected chi connectivity index (χ0v) is 12.7. The van der Waals surface area contributed by atoms with Crippen LogP contribution in [0.5, 0.6) is 0 Å². The van der Waals surface area contributed by atoms with Crippen LogP contribution in [0.3, 0.4) is 0 Å². The Morgan fingerprint density at radius 2 is 1.83 bits per heavy atom. The first-order valence-electron chi connectivity index (χ1n) is 6.94. The van der Waals surface area contributed by atoms with E-state index in [9.17, 15) is 19.1 Å². The van der Waals surface area contributed by atoms with Crippen LogP contribution in [0.2, 0.25) is 0 Å². The van der Waals surface area contributed by atoms with E-state index in [4.69, 9.17) is 5.26 Å². The van der Waals surface area contributed by atoms with E-state index in [1.54, 1.807) is 36.4 Å². The number of hydrogen-bond acceptors (Lipinski definition) is 4. The molecule has 2 N–H and O–H groups in total. The van der Waals surface area contributed by atoms with Crippen LogP contribution >= 0.6 is 0 Å². The predicted molar refractivity (Wildman–Crippen MR) is 85.8 cm³/mol. The van der Waals surface area contributed by atoms with Crippen LogP contribution in [-0.4, -0.2) is 16.8 Å². The number of carbonyl (C=O) groups excluding carboxylic acids is 2. The van der Waals surface area contributed by atoms with E-state index in [1.165, 1.54) is 19.1 Å². The highest BCUT2D eigenvalue weighted by Gasteiger charge is 2.16. The zero-order chi connectivity index (χ0) is 17.7. The van der Waals surface area contributed by atoms with E-state index in [2.05, 4.69) is 5.32 Å². The Bertz CT molecular complexity index is 864. The third-order valence-electron chi connectivity index (χ3n) is 3.21. The quantitative estimate of drug-likeness (QED) is 0.390. The van der Waals surface area contributed by atoms with Gasteiger partial charge in [0.2, 0.25) is 0 Å². The number of allylic oxidation sites excluding steroid dienone is 1. The van der Waals surface area contributed by atoms with Gasteiger partial charge in [0.15, 0.2) is 11.4 Å². The Labute approximate surface area is 137 Å². The molecule has 0 atom stereocenters. The standard InChI is InChI=1S/C18H13FN2O3/c1-11(22)15(10-20)18(24)21-13-7-8-14(16(19)9-13)17(23)12-5-3-2-4-6-12/h2-9,22H,1H3,(H,21,24)/b15-11-. The first-order chi connectivity index (χ1) is 11.4. The molecule has 0 fully saturated rings. The van der Waals surface area contributed by atoms with Gasteiger partial charge in [-0.3, -0.25) is 9.59 Å². The van der Waals surface area contributed by atoms with E-state index in [0.29, 0.717) is 5.56 Å². The summed E-state index contributed by atoms with van der Waals surface area (Å²) in [5.41, 5.74) is -0.191. The van der Waals surface area contributed by atoms with Crippen molar-refractivity contribution in [1.82, 2.24) is 0 Å². The summed E-state index contributed by atoms with van der Waals surface area (Å²) in [6.07, 6.45) is 0. The lowest BCUT2D eigenvalue weighted by Crippen LogP contribution is -2.15. The molecule has 2 aromatic rings. The third-order valence-corrected chi connectivity index (χ3v) is 3.21. The molecule has 24 heavy (non-hydrogen) atoms. The summed E-state index contributed by atoms with van der Waals surface area (Å²) in [5.74, 6) is -2.58. The molecule has 0 aliphatic carbocycles. The SMILES string of the molecule is C/C(O)=C(\C#N)C(=O)Nc1ccc(C(=O)c2ccccc2)c(F)c1. The van der Waals surface area contributed by atoms with E-state index >= 15 is 0 Å². The highest BCUT2D eigenvalue weighted by molar-refractivity contribution is 6.10. The molecule has 0 aromatic heterocycles. The lowest BCUT2D eigenvalue weighted by Gasteiger charge is -2.07. The van der Waals surface area contributed by atoms with Crippen molar-refractivity contribution in [2.24, 2.45) is 0 Å². The first-order valence-corrected chi connectivity index (χ1v) is 6.94. The maximum absolute atomic E-state index is 14.2. The van der Waals surface area contributed by atoms with Crippen LogP contribution in [0, 0.1) is 17.1 Å². The number of anilines is 1. The molecule has 0 radical (unpaired) electrons. The van der Waals surface area contributed by atoms with Crippen molar-refractivity contribution < 1.29 is 19.1 Å². The molecular weight excluding hydrogens is 311 g/mol. The Kier molecular flexibility index (Phi) is 5.07. The monoisotopic (exact) mass is 324 g/mol.